The molecule has 0 aliphatic carbocycles. The Kier molecular flexibility index (Phi) is 5.88. The summed E-state index contributed by atoms with van der Waals surface area (Å²) in [4.78, 5) is 11.9. The Hall–Kier alpha value is -2.11. The van der Waals surface area contributed by atoms with E-state index in [1.54, 1.807) is 0 Å². The largest absolute Gasteiger partial charge is 0.417 e. The van der Waals surface area contributed by atoms with Crippen LogP contribution in [0.3, 0.4) is 0 Å². The summed E-state index contributed by atoms with van der Waals surface area (Å²) in [5.74, 6) is -0.768. The van der Waals surface area contributed by atoms with Crippen LogP contribution in [0.4, 0.5) is 18.9 Å². The molecule has 1 amide bonds. The molecule has 27 heavy (non-hydrogen) atoms. The van der Waals surface area contributed by atoms with E-state index in [1.165, 1.54) is 19.9 Å². The van der Waals surface area contributed by atoms with Crippen molar-refractivity contribution in [1.82, 2.24) is 9.46 Å². The van der Waals surface area contributed by atoms with Crippen molar-refractivity contribution in [2.75, 3.05) is 18.9 Å². The summed E-state index contributed by atoms with van der Waals surface area (Å²) in [5, 5.41) is 5.25. The van der Waals surface area contributed by atoms with Crippen molar-refractivity contribution >= 4 is 33.2 Å². The van der Waals surface area contributed by atoms with Gasteiger partial charge in [0.05, 0.1) is 17.1 Å². The van der Waals surface area contributed by atoms with Crippen molar-refractivity contribution in [1.29, 1.82) is 0 Å². The minimum atomic E-state index is -4.69. The molecule has 0 saturated carbocycles. The number of carbonyl (C=O) groups is 1. The summed E-state index contributed by atoms with van der Waals surface area (Å²) < 4.78 is 69.2. The molecule has 0 spiro atoms. The Labute approximate surface area is 158 Å². The van der Waals surface area contributed by atoms with E-state index < -0.39 is 39.2 Å². The van der Waals surface area contributed by atoms with E-state index in [4.69, 9.17) is 16.1 Å². The highest BCUT2D eigenvalue weighted by Gasteiger charge is 2.34. The van der Waals surface area contributed by atoms with Crippen LogP contribution in [0.5, 0.6) is 0 Å². The minimum Gasteiger partial charge on any atom is -0.360 e. The van der Waals surface area contributed by atoms with Crippen LogP contribution >= 0.6 is 11.6 Å². The molecule has 0 aliphatic rings. The first kappa shape index (κ1) is 21.2. The predicted octanol–water partition coefficient (Wildman–Crippen LogP) is 3.22. The highest BCUT2D eigenvalue weighted by molar-refractivity contribution is 7.89. The number of likely N-dealkylation sites (N-methyl/N-ethyl adjacent to an activating group) is 1. The zero-order chi connectivity index (χ0) is 20.6. The molecule has 0 bridgehead atoms. The van der Waals surface area contributed by atoms with E-state index in [1.807, 2.05) is 0 Å². The number of amides is 1. The number of aromatic nitrogens is 1. The van der Waals surface area contributed by atoms with Gasteiger partial charge in [-0.2, -0.15) is 17.5 Å². The molecule has 0 saturated heterocycles. The number of hydrogen-bond donors (Lipinski definition) is 1. The fourth-order valence-electron chi connectivity index (χ4n) is 2.31. The highest BCUT2D eigenvalue weighted by atomic mass is 35.5. The molecule has 1 heterocycles. The van der Waals surface area contributed by atoms with Crippen LogP contribution in [0.2, 0.25) is 5.02 Å². The number of carbonyl (C=O) groups excluding carboxylic acids is 1. The van der Waals surface area contributed by atoms with Crippen LogP contribution in [0, 0.1) is 13.8 Å². The summed E-state index contributed by atoms with van der Waals surface area (Å²) >= 11 is 5.51. The summed E-state index contributed by atoms with van der Waals surface area (Å²) in [6, 6.07) is 2.84. The number of rotatable bonds is 5. The predicted molar refractivity (Wildman–Crippen MR) is 90.9 cm³/mol. The molecule has 0 atom stereocenters. The number of hydrogen-bond acceptors (Lipinski definition) is 5. The molecule has 148 valence electrons. The molecular weight excluding hydrogens is 411 g/mol. The topological polar surface area (TPSA) is 92.5 Å². The number of alkyl halides is 3. The lowest BCUT2D eigenvalue weighted by Gasteiger charge is -2.17. The lowest BCUT2D eigenvalue weighted by atomic mass is 10.2. The van der Waals surface area contributed by atoms with Gasteiger partial charge in [-0.3, -0.25) is 4.79 Å². The van der Waals surface area contributed by atoms with E-state index >= 15 is 0 Å². The van der Waals surface area contributed by atoms with Crippen molar-refractivity contribution in [3.8, 4) is 0 Å². The first-order valence-electron chi connectivity index (χ1n) is 7.40. The number of sulfonamides is 1. The summed E-state index contributed by atoms with van der Waals surface area (Å²) in [6.45, 7) is 2.22. The number of nitrogens with zero attached hydrogens (tertiary/aromatic N) is 2. The standard InChI is InChI=1S/C15H15ClF3N3O4S/c1-8-14(9(2)26-21-8)27(24,25)22(3)7-13(23)20-10-4-5-12(16)11(6-10)15(17,18)19/h4-6H,7H2,1-3H3,(H,20,23). The van der Waals surface area contributed by atoms with Crippen molar-refractivity contribution in [2.45, 2.75) is 24.9 Å². The number of benzene rings is 1. The van der Waals surface area contributed by atoms with Gasteiger partial charge in [0.15, 0.2) is 5.76 Å². The van der Waals surface area contributed by atoms with Crippen molar-refractivity contribution in [3.05, 3.63) is 40.2 Å². The molecule has 0 radical (unpaired) electrons. The second kappa shape index (κ2) is 7.49. The molecule has 12 heteroatoms. The second-order valence-corrected chi connectivity index (χ2v) is 8.04. The fraction of sp³-hybridized carbons (Fsp3) is 0.333. The molecule has 0 unspecified atom stereocenters. The molecule has 0 fully saturated rings. The van der Waals surface area contributed by atoms with Gasteiger partial charge in [-0.25, -0.2) is 8.42 Å². The van der Waals surface area contributed by atoms with E-state index in [0.29, 0.717) is 6.07 Å². The molecule has 2 rings (SSSR count). The normalized spacial score (nSPS) is 12.4. The maximum Gasteiger partial charge on any atom is 0.417 e. The van der Waals surface area contributed by atoms with Crippen LogP contribution in [0.15, 0.2) is 27.6 Å². The molecule has 7 nitrogen and oxygen atoms in total. The monoisotopic (exact) mass is 425 g/mol. The number of halogens is 4. The average molecular weight is 426 g/mol. The van der Waals surface area contributed by atoms with E-state index in [-0.39, 0.29) is 22.0 Å². The molecule has 2 aromatic rings. The van der Waals surface area contributed by atoms with Gasteiger partial charge >= 0.3 is 6.18 Å². The first-order valence-corrected chi connectivity index (χ1v) is 9.21. The number of aryl methyl sites for hydroxylation is 2. The van der Waals surface area contributed by atoms with E-state index in [0.717, 1.165) is 17.4 Å². The van der Waals surface area contributed by atoms with Crippen LogP contribution in [0.1, 0.15) is 17.0 Å². The van der Waals surface area contributed by atoms with Crippen molar-refractivity contribution < 1.29 is 30.9 Å². The Morgan fingerprint density at radius 3 is 2.48 bits per heavy atom. The molecule has 1 N–H and O–H groups in total. The first-order chi connectivity index (χ1) is 12.3. The van der Waals surface area contributed by atoms with Gasteiger partial charge in [-0.15, -0.1) is 0 Å². The molecular formula is C15H15ClF3N3O4S. The maximum absolute atomic E-state index is 12.9. The molecule has 0 aliphatic heterocycles. The third-order valence-electron chi connectivity index (χ3n) is 3.56. The van der Waals surface area contributed by atoms with Gasteiger partial charge in [-0.1, -0.05) is 16.8 Å². The van der Waals surface area contributed by atoms with E-state index in [9.17, 15) is 26.4 Å². The summed E-state index contributed by atoms with van der Waals surface area (Å²) in [7, 11) is -2.91. The van der Waals surface area contributed by atoms with Gasteiger partial charge in [0.25, 0.3) is 0 Å². The zero-order valence-electron chi connectivity index (χ0n) is 14.4. The summed E-state index contributed by atoms with van der Waals surface area (Å²) in [6.07, 6.45) is -4.69. The van der Waals surface area contributed by atoms with Crippen molar-refractivity contribution in [2.24, 2.45) is 0 Å². The summed E-state index contributed by atoms with van der Waals surface area (Å²) in [5.41, 5.74) is -1.15. The maximum atomic E-state index is 12.9. The van der Waals surface area contributed by atoms with Gasteiger partial charge in [0.2, 0.25) is 15.9 Å². The Morgan fingerprint density at radius 1 is 1.33 bits per heavy atom. The van der Waals surface area contributed by atoms with Gasteiger partial charge < -0.3 is 9.84 Å². The third-order valence-corrected chi connectivity index (χ3v) is 5.94. The SMILES string of the molecule is Cc1noc(C)c1S(=O)(=O)N(C)CC(=O)Nc1ccc(Cl)c(C(F)(F)F)c1. The fourth-order valence-corrected chi connectivity index (χ4v) is 3.94. The smallest absolute Gasteiger partial charge is 0.360 e. The van der Waals surface area contributed by atoms with E-state index in [2.05, 4.69) is 10.5 Å². The zero-order valence-corrected chi connectivity index (χ0v) is 16.0. The number of anilines is 1. The number of nitrogens with one attached hydrogen (secondary N) is 1. The lowest BCUT2D eigenvalue weighted by molar-refractivity contribution is -0.137. The average Bonchev–Trinajstić information content (AvgIpc) is 2.87. The van der Waals surface area contributed by atoms with Gasteiger partial charge in [0, 0.05) is 12.7 Å². The highest BCUT2D eigenvalue weighted by Crippen LogP contribution is 2.36. The van der Waals surface area contributed by atoms with Crippen LogP contribution < -0.4 is 5.32 Å². The van der Waals surface area contributed by atoms with Gasteiger partial charge in [-0.05, 0) is 32.0 Å². The molecule has 1 aromatic heterocycles. The van der Waals surface area contributed by atoms with Crippen LogP contribution in [-0.4, -0.2) is 37.4 Å². The van der Waals surface area contributed by atoms with Crippen LogP contribution in [0.25, 0.3) is 0 Å². The molecule has 1 aromatic carbocycles. The Balaban J connectivity index is 2.16. The van der Waals surface area contributed by atoms with Crippen LogP contribution in [-0.2, 0) is 21.0 Å². The lowest BCUT2D eigenvalue weighted by Crippen LogP contribution is -2.35. The Morgan fingerprint density at radius 2 is 1.96 bits per heavy atom. The Bertz CT molecular complexity index is 954. The van der Waals surface area contributed by atoms with Gasteiger partial charge in [0.1, 0.15) is 10.6 Å². The quantitative estimate of drug-likeness (QED) is 0.794. The second-order valence-electron chi connectivity index (χ2n) is 5.65. The third kappa shape index (κ3) is 4.60. The van der Waals surface area contributed by atoms with Crippen molar-refractivity contribution in [3.63, 3.8) is 0 Å². The minimum absolute atomic E-state index is 0.0623.